The van der Waals surface area contributed by atoms with E-state index in [4.69, 9.17) is 4.74 Å². The van der Waals surface area contributed by atoms with Crippen LogP contribution in [0.1, 0.15) is 25.3 Å². The molecule has 0 amide bonds. The predicted molar refractivity (Wildman–Crippen MR) is 55.2 cm³/mol. The maximum atomic E-state index is 13.6. The van der Waals surface area contributed by atoms with E-state index in [1.807, 2.05) is 0 Å². The molecular weight excluding hydrogens is 195 g/mol. The Morgan fingerprint density at radius 1 is 1.47 bits per heavy atom. The summed E-state index contributed by atoms with van der Waals surface area (Å²) in [6.45, 7) is 1.67. The number of benzene rings is 1. The maximum absolute atomic E-state index is 13.6. The summed E-state index contributed by atoms with van der Waals surface area (Å²) < 4.78 is 18.6. The number of hydrogen-bond donors (Lipinski definition) is 1. The first-order valence-corrected chi connectivity index (χ1v) is 5.12. The molecule has 1 aliphatic carbocycles. The zero-order valence-corrected chi connectivity index (χ0v) is 8.96. The highest BCUT2D eigenvalue weighted by Crippen LogP contribution is 2.46. The zero-order valence-electron chi connectivity index (χ0n) is 8.96. The molecule has 15 heavy (non-hydrogen) atoms. The molecule has 3 heteroatoms. The summed E-state index contributed by atoms with van der Waals surface area (Å²) in [5.74, 6) is 0.388. The molecule has 1 aliphatic rings. The van der Waals surface area contributed by atoms with Crippen molar-refractivity contribution in [1.29, 1.82) is 0 Å². The molecule has 0 bridgehead atoms. The van der Waals surface area contributed by atoms with E-state index in [0.29, 0.717) is 11.3 Å². The van der Waals surface area contributed by atoms with Crippen LogP contribution in [0.5, 0.6) is 5.75 Å². The molecule has 1 atom stereocenters. The first-order chi connectivity index (χ1) is 7.05. The van der Waals surface area contributed by atoms with Crippen LogP contribution >= 0.6 is 0 Å². The Labute approximate surface area is 88.7 Å². The lowest BCUT2D eigenvalue weighted by molar-refractivity contribution is 0.0293. The van der Waals surface area contributed by atoms with Gasteiger partial charge in [-0.3, -0.25) is 0 Å². The number of methoxy groups -OCH3 is 1. The minimum Gasteiger partial charge on any atom is -0.497 e. The van der Waals surface area contributed by atoms with Crippen molar-refractivity contribution in [2.45, 2.75) is 25.4 Å². The summed E-state index contributed by atoms with van der Waals surface area (Å²) >= 11 is 0. The van der Waals surface area contributed by atoms with Crippen LogP contribution in [-0.4, -0.2) is 12.2 Å². The van der Waals surface area contributed by atoms with Gasteiger partial charge >= 0.3 is 0 Å². The molecule has 1 aromatic rings. The largest absolute Gasteiger partial charge is 0.497 e. The van der Waals surface area contributed by atoms with Gasteiger partial charge in [0.15, 0.2) is 0 Å². The van der Waals surface area contributed by atoms with Crippen molar-refractivity contribution in [3.63, 3.8) is 0 Å². The molecule has 0 aliphatic heterocycles. The molecule has 1 fully saturated rings. The van der Waals surface area contributed by atoms with Gasteiger partial charge in [0.1, 0.15) is 11.6 Å². The van der Waals surface area contributed by atoms with Gasteiger partial charge in [-0.05, 0) is 43.9 Å². The van der Waals surface area contributed by atoms with Crippen molar-refractivity contribution in [3.05, 3.63) is 29.6 Å². The predicted octanol–water partition coefficient (Wildman–Crippen LogP) is 2.45. The van der Waals surface area contributed by atoms with Crippen molar-refractivity contribution in [3.8, 4) is 5.75 Å². The standard InChI is InChI=1S/C12H15FO2/c1-12(14,8-3-4-8)10-7-9(15-2)5-6-11(10)13/h5-8,14H,3-4H2,1-2H3. The van der Waals surface area contributed by atoms with Gasteiger partial charge in [0.05, 0.1) is 12.7 Å². The van der Waals surface area contributed by atoms with Crippen LogP contribution in [0.25, 0.3) is 0 Å². The smallest absolute Gasteiger partial charge is 0.129 e. The van der Waals surface area contributed by atoms with Gasteiger partial charge in [-0.25, -0.2) is 4.39 Å². The molecule has 1 N–H and O–H groups in total. The summed E-state index contributed by atoms with van der Waals surface area (Å²) in [5.41, 5.74) is -0.733. The fourth-order valence-electron chi connectivity index (χ4n) is 1.88. The van der Waals surface area contributed by atoms with Crippen LogP contribution in [0.3, 0.4) is 0 Å². The maximum Gasteiger partial charge on any atom is 0.129 e. The van der Waals surface area contributed by atoms with Gasteiger partial charge in [0, 0.05) is 5.56 Å². The molecule has 0 aromatic heterocycles. The molecule has 0 radical (unpaired) electrons. The van der Waals surface area contributed by atoms with Crippen LogP contribution in [0.15, 0.2) is 18.2 Å². The van der Waals surface area contributed by atoms with E-state index in [-0.39, 0.29) is 11.7 Å². The Kier molecular flexibility index (Phi) is 2.43. The Bertz CT molecular complexity index is 370. The van der Waals surface area contributed by atoms with Crippen LogP contribution in [0, 0.1) is 11.7 Å². The average Bonchev–Trinajstić information content (AvgIpc) is 3.01. The Hall–Kier alpha value is -1.09. The van der Waals surface area contributed by atoms with Crippen LogP contribution in [0.2, 0.25) is 0 Å². The van der Waals surface area contributed by atoms with Crippen molar-refractivity contribution in [2.75, 3.05) is 7.11 Å². The Balaban J connectivity index is 2.40. The van der Waals surface area contributed by atoms with E-state index in [1.54, 1.807) is 19.1 Å². The highest BCUT2D eigenvalue weighted by atomic mass is 19.1. The van der Waals surface area contributed by atoms with E-state index in [1.165, 1.54) is 13.2 Å². The van der Waals surface area contributed by atoms with Crippen LogP contribution < -0.4 is 4.74 Å². The van der Waals surface area contributed by atoms with E-state index in [2.05, 4.69) is 0 Å². The number of aliphatic hydroxyl groups is 1. The normalized spacial score (nSPS) is 19.7. The first kappa shape index (κ1) is 10.4. The number of hydrogen-bond acceptors (Lipinski definition) is 2. The molecule has 0 saturated heterocycles. The molecular formula is C12H15FO2. The molecule has 2 nitrogen and oxygen atoms in total. The fourth-order valence-corrected chi connectivity index (χ4v) is 1.88. The van der Waals surface area contributed by atoms with Crippen molar-refractivity contribution in [2.24, 2.45) is 5.92 Å². The quantitative estimate of drug-likeness (QED) is 0.830. The topological polar surface area (TPSA) is 29.5 Å². The van der Waals surface area contributed by atoms with Gasteiger partial charge < -0.3 is 9.84 Å². The molecule has 1 aromatic carbocycles. The fraction of sp³-hybridized carbons (Fsp3) is 0.500. The van der Waals surface area contributed by atoms with E-state index in [9.17, 15) is 9.50 Å². The number of halogens is 1. The number of ether oxygens (including phenoxy) is 1. The monoisotopic (exact) mass is 210 g/mol. The number of rotatable bonds is 3. The lowest BCUT2D eigenvalue weighted by Crippen LogP contribution is -2.25. The molecule has 0 heterocycles. The third-order valence-corrected chi connectivity index (χ3v) is 3.09. The minimum atomic E-state index is -1.07. The molecule has 2 rings (SSSR count). The second-order valence-corrected chi connectivity index (χ2v) is 4.27. The van der Waals surface area contributed by atoms with E-state index in [0.717, 1.165) is 12.8 Å². The lowest BCUT2D eigenvalue weighted by atomic mass is 9.90. The summed E-state index contributed by atoms with van der Waals surface area (Å²) in [6.07, 6.45) is 1.92. The summed E-state index contributed by atoms with van der Waals surface area (Å²) in [7, 11) is 1.53. The van der Waals surface area contributed by atoms with Crippen LogP contribution in [-0.2, 0) is 5.60 Å². The minimum absolute atomic E-state index is 0.180. The van der Waals surface area contributed by atoms with E-state index >= 15 is 0 Å². The summed E-state index contributed by atoms with van der Waals surface area (Å²) in [5, 5.41) is 10.2. The van der Waals surface area contributed by atoms with Gasteiger partial charge in [0.2, 0.25) is 0 Å². The Morgan fingerprint density at radius 3 is 2.67 bits per heavy atom. The summed E-state index contributed by atoms with van der Waals surface area (Å²) in [6, 6.07) is 4.47. The highest BCUT2D eigenvalue weighted by Gasteiger charge is 2.42. The lowest BCUT2D eigenvalue weighted by Gasteiger charge is -2.24. The van der Waals surface area contributed by atoms with Gasteiger partial charge in [-0.15, -0.1) is 0 Å². The molecule has 1 saturated carbocycles. The summed E-state index contributed by atoms with van der Waals surface area (Å²) in [4.78, 5) is 0. The Morgan fingerprint density at radius 2 is 2.13 bits per heavy atom. The molecule has 1 unspecified atom stereocenters. The van der Waals surface area contributed by atoms with Crippen LogP contribution in [0.4, 0.5) is 4.39 Å². The SMILES string of the molecule is COc1ccc(F)c(C(C)(O)C2CC2)c1. The zero-order chi connectivity index (χ0) is 11.1. The van der Waals surface area contributed by atoms with Gasteiger partial charge in [0.25, 0.3) is 0 Å². The van der Waals surface area contributed by atoms with Gasteiger partial charge in [-0.1, -0.05) is 0 Å². The van der Waals surface area contributed by atoms with Crippen molar-refractivity contribution in [1.82, 2.24) is 0 Å². The third kappa shape index (κ3) is 1.84. The van der Waals surface area contributed by atoms with Crippen molar-refractivity contribution >= 4 is 0 Å². The van der Waals surface area contributed by atoms with Crippen molar-refractivity contribution < 1.29 is 14.2 Å². The highest BCUT2D eigenvalue weighted by molar-refractivity contribution is 5.34. The third-order valence-electron chi connectivity index (χ3n) is 3.09. The first-order valence-electron chi connectivity index (χ1n) is 5.12. The van der Waals surface area contributed by atoms with Gasteiger partial charge in [-0.2, -0.15) is 0 Å². The van der Waals surface area contributed by atoms with E-state index < -0.39 is 5.60 Å². The second kappa shape index (κ2) is 3.49. The average molecular weight is 210 g/mol. The molecule has 0 spiro atoms. The second-order valence-electron chi connectivity index (χ2n) is 4.27. The molecule has 82 valence electrons.